The minimum Gasteiger partial charge on any atom is -0.365 e. The SMILES string of the molecule is C=CCC(c1ccc(C)cc1)c1csc(NC)n1.CC. The number of anilines is 1. The molecule has 1 atom stereocenters. The van der Waals surface area contributed by atoms with Gasteiger partial charge in [0, 0.05) is 18.3 Å². The van der Waals surface area contributed by atoms with Crippen LogP contribution in [0.1, 0.15) is 43.0 Å². The number of nitrogens with zero attached hydrogens (tertiary/aromatic N) is 1. The number of aryl methyl sites for hydroxylation is 1. The minimum atomic E-state index is 0.307. The maximum atomic E-state index is 4.61. The van der Waals surface area contributed by atoms with Gasteiger partial charge in [-0.2, -0.15) is 0 Å². The number of thiazole rings is 1. The molecule has 0 radical (unpaired) electrons. The molecule has 108 valence electrons. The number of hydrogen-bond acceptors (Lipinski definition) is 3. The van der Waals surface area contributed by atoms with Crippen molar-refractivity contribution < 1.29 is 0 Å². The summed E-state index contributed by atoms with van der Waals surface area (Å²) in [6, 6.07) is 8.66. The molecule has 1 N–H and O–H groups in total. The largest absolute Gasteiger partial charge is 0.365 e. The summed E-state index contributed by atoms with van der Waals surface area (Å²) in [5.41, 5.74) is 3.70. The average molecular weight is 288 g/mol. The Labute approximate surface area is 126 Å². The zero-order chi connectivity index (χ0) is 15.0. The van der Waals surface area contributed by atoms with E-state index in [9.17, 15) is 0 Å². The van der Waals surface area contributed by atoms with Gasteiger partial charge in [0.2, 0.25) is 0 Å². The van der Waals surface area contributed by atoms with Crippen LogP contribution < -0.4 is 5.32 Å². The normalized spacial score (nSPS) is 11.2. The highest BCUT2D eigenvalue weighted by molar-refractivity contribution is 7.13. The van der Waals surface area contributed by atoms with Gasteiger partial charge in [0.05, 0.1) is 5.69 Å². The number of hydrogen-bond donors (Lipinski definition) is 1. The minimum absolute atomic E-state index is 0.307. The first-order chi connectivity index (χ1) is 9.74. The molecule has 0 amide bonds. The zero-order valence-electron chi connectivity index (χ0n) is 12.8. The van der Waals surface area contributed by atoms with Gasteiger partial charge in [0.15, 0.2) is 5.13 Å². The highest BCUT2D eigenvalue weighted by Gasteiger charge is 2.15. The van der Waals surface area contributed by atoms with Crippen LogP contribution in [0.2, 0.25) is 0 Å². The lowest BCUT2D eigenvalue weighted by atomic mass is 9.92. The summed E-state index contributed by atoms with van der Waals surface area (Å²) in [4.78, 5) is 4.61. The highest BCUT2D eigenvalue weighted by atomic mass is 32.1. The maximum Gasteiger partial charge on any atom is 0.182 e. The second-order valence-electron chi connectivity index (χ2n) is 4.32. The van der Waals surface area contributed by atoms with E-state index in [1.54, 1.807) is 11.3 Å². The molecule has 1 aromatic carbocycles. The Bertz CT molecular complexity index is 514. The Morgan fingerprint density at radius 3 is 2.45 bits per heavy atom. The van der Waals surface area contributed by atoms with Crippen molar-refractivity contribution in [2.75, 3.05) is 12.4 Å². The predicted molar refractivity (Wildman–Crippen MR) is 90.8 cm³/mol. The summed E-state index contributed by atoms with van der Waals surface area (Å²) in [6.45, 7) is 9.96. The lowest BCUT2D eigenvalue weighted by Crippen LogP contribution is -2.01. The van der Waals surface area contributed by atoms with E-state index in [0.29, 0.717) is 5.92 Å². The van der Waals surface area contributed by atoms with E-state index in [0.717, 1.165) is 17.2 Å². The molecule has 0 spiro atoms. The van der Waals surface area contributed by atoms with Gasteiger partial charge in [-0.25, -0.2) is 4.98 Å². The molecule has 0 saturated carbocycles. The van der Waals surface area contributed by atoms with Crippen molar-refractivity contribution in [3.05, 3.63) is 59.1 Å². The highest BCUT2D eigenvalue weighted by Crippen LogP contribution is 2.30. The van der Waals surface area contributed by atoms with E-state index in [1.165, 1.54) is 11.1 Å². The molecule has 2 rings (SSSR count). The van der Waals surface area contributed by atoms with Gasteiger partial charge >= 0.3 is 0 Å². The topological polar surface area (TPSA) is 24.9 Å². The van der Waals surface area contributed by atoms with Crippen molar-refractivity contribution in [2.45, 2.75) is 33.1 Å². The Hall–Kier alpha value is -1.61. The van der Waals surface area contributed by atoms with Crippen LogP contribution in [-0.4, -0.2) is 12.0 Å². The predicted octanol–water partition coefficient (Wildman–Crippen LogP) is 5.23. The summed E-state index contributed by atoms with van der Waals surface area (Å²) < 4.78 is 0. The van der Waals surface area contributed by atoms with Crippen molar-refractivity contribution >= 4 is 16.5 Å². The summed E-state index contributed by atoms with van der Waals surface area (Å²) in [5.74, 6) is 0.307. The average Bonchev–Trinajstić information content (AvgIpc) is 2.97. The number of benzene rings is 1. The Morgan fingerprint density at radius 1 is 1.30 bits per heavy atom. The molecule has 0 bridgehead atoms. The van der Waals surface area contributed by atoms with Gasteiger partial charge in [-0.1, -0.05) is 49.8 Å². The van der Waals surface area contributed by atoms with Crippen LogP contribution in [0.5, 0.6) is 0 Å². The molecule has 1 unspecified atom stereocenters. The van der Waals surface area contributed by atoms with E-state index in [1.807, 2.05) is 27.0 Å². The number of allylic oxidation sites excluding steroid dienone is 1. The number of nitrogens with one attached hydrogen (secondary N) is 1. The van der Waals surface area contributed by atoms with Crippen molar-refractivity contribution in [2.24, 2.45) is 0 Å². The van der Waals surface area contributed by atoms with Crippen molar-refractivity contribution in [3.8, 4) is 0 Å². The third-order valence-corrected chi connectivity index (χ3v) is 3.85. The molecule has 1 aromatic heterocycles. The lowest BCUT2D eigenvalue weighted by molar-refractivity contribution is 0.804. The fourth-order valence-corrected chi connectivity index (χ4v) is 2.68. The van der Waals surface area contributed by atoms with Gasteiger partial charge in [-0.3, -0.25) is 0 Å². The van der Waals surface area contributed by atoms with E-state index in [-0.39, 0.29) is 0 Å². The van der Waals surface area contributed by atoms with Crippen LogP contribution in [0.25, 0.3) is 0 Å². The molecule has 0 fully saturated rings. The van der Waals surface area contributed by atoms with Crippen LogP contribution in [0.3, 0.4) is 0 Å². The first-order valence-electron chi connectivity index (χ1n) is 7.05. The van der Waals surface area contributed by atoms with Crippen LogP contribution in [-0.2, 0) is 0 Å². The molecule has 3 heteroatoms. The van der Waals surface area contributed by atoms with Crippen LogP contribution in [0.15, 0.2) is 42.3 Å². The fraction of sp³-hybridized carbons (Fsp3) is 0.353. The van der Waals surface area contributed by atoms with Gasteiger partial charge in [-0.15, -0.1) is 17.9 Å². The van der Waals surface area contributed by atoms with E-state index in [2.05, 4.69) is 53.4 Å². The Morgan fingerprint density at radius 2 is 1.95 bits per heavy atom. The van der Waals surface area contributed by atoms with E-state index >= 15 is 0 Å². The van der Waals surface area contributed by atoms with Crippen LogP contribution in [0.4, 0.5) is 5.13 Å². The Kier molecular flexibility index (Phi) is 7.02. The quantitative estimate of drug-likeness (QED) is 0.762. The third-order valence-electron chi connectivity index (χ3n) is 2.97. The number of aromatic nitrogens is 1. The molecule has 0 saturated heterocycles. The molecule has 0 aliphatic carbocycles. The third kappa shape index (κ3) is 4.20. The Balaban J connectivity index is 0.000000956. The molecule has 0 aliphatic rings. The van der Waals surface area contributed by atoms with Gasteiger partial charge < -0.3 is 5.32 Å². The zero-order valence-corrected chi connectivity index (χ0v) is 13.6. The van der Waals surface area contributed by atoms with Crippen molar-refractivity contribution in [1.82, 2.24) is 4.98 Å². The first kappa shape index (κ1) is 16.4. The van der Waals surface area contributed by atoms with Crippen molar-refractivity contribution in [3.63, 3.8) is 0 Å². The van der Waals surface area contributed by atoms with E-state index < -0.39 is 0 Å². The van der Waals surface area contributed by atoms with Gasteiger partial charge in [0.1, 0.15) is 0 Å². The van der Waals surface area contributed by atoms with Crippen molar-refractivity contribution in [1.29, 1.82) is 0 Å². The maximum absolute atomic E-state index is 4.61. The van der Waals surface area contributed by atoms with E-state index in [4.69, 9.17) is 0 Å². The summed E-state index contributed by atoms with van der Waals surface area (Å²) in [6.07, 6.45) is 2.87. The first-order valence-corrected chi connectivity index (χ1v) is 7.93. The fourth-order valence-electron chi connectivity index (χ4n) is 1.95. The molecule has 2 nitrogen and oxygen atoms in total. The second kappa shape index (κ2) is 8.54. The second-order valence-corrected chi connectivity index (χ2v) is 5.17. The van der Waals surface area contributed by atoms with Crippen LogP contribution in [0, 0.1) is 6.92 Å². The molecular weight excluding hydrogens is 264 g/mol. The summed E-state index contributed by atoms with van der Waals surface area (Å²) in [5, 5.41) is 6.18. The molecule has 0 aliphatic heterocycles. The lowest BCUT2D eigenvalue weighted by Gasteiger charge is -2.13. The van der Waals surface area contributed by atoms with Crippen LogP contribution >= 0.6 is 11.3 Å². The summed E-state index contributed by atoms with van der Waals surface area (Å²) >= 11 is 1.65. The summed E-state index contributed by atoms with van der Waals surface area (Å²) in [7, 11) is 1.90. The standard InChI is InChI=1S/C15H18N2S.C2H6/c1-4-5-13(12-8-6-11(2)7-9-12)14-10-18-15(16-3)17-14;1-2/h4,6-10,13H,1,5H2,2-3H3,(H,16,17);1-2H3. The monoisotopic (exact) mass is 288 g/mol. The molecule has 2 aromatic rings. The van der Waals surface area contributed by atoms with Gasteiger partial charge in [0.25, 0.3) is 0 Å². The smallest absolute Gasteiger partial charge is 0.182 e. The molecule has 1 heterocycles. The molecular formula is C17H24N2S. The van der Waals surface area contributed by atoms with Gasteiger partial charge in [-0.05, 0) is 18.9 Å². The molecule has 20 heavy (non-hydrogen) atoms. The number of rotatable bonds is 5.